The Kier molecular flexibility index (Phi) is 3.80. The monoisotopic (exact) mass is 356 g/mol. The zero-order valence-electron chi connectivity index (χ0n) is 13.8. The maximum Gasteiger partial charge on any atom is 0.329 e. The lowest BCUT2D eigenvalue weighted by molar-refractivity contribution is -0.144. The van der Waals surface area contributed by atoms with Crippen molar-refractivity contribution >= 4 is 27.5 Å². The van der Waals surface area contributed by atoms with Crippen molar-refractivity contribution in [1.29, 1.82) is 0 Å². The van der Waals surface area contributed by atoms with Crippen molar-refractivity contribution in [2.24, 2.45) is 0 Å². The van der Waals surface area contributed by atoms with E-state index in [0.717, 1.165) is 16.2 Å². The van der Waals surface area contributed by atoms with E-state index < -0.39 is 12.0 Å². The Morgan fingerprint density at radius 2 is 2.04 bits per heavy atom. The second kappa shape index (κ2) is 6.00. The number of hydrogen-bond acceptors (Lipinski definition) is 6. The number of esters is 1. The summed E-state index contributed by atoms with van der Waals surface area (Å²) in [6, 6.07) is 9.02. The van der Waals surface area contributed by atoms with Crippen molar-refractivity contribution in [2.45, 2.75) is 18.9 Å². The van der Waals surface area contributed by atoms with E-state index in [4.69, 9.17) is 9.47 Å². The van der Waals surface area contributed by atoms with Gasteiger partial charge in [0.2, 0.25) is 0 Å². The molecule has 3 heterocycles. The molecule has 1 aromatic carbocycles. The Morgan fingerprint density at radius 3 is 2.72 bits per heavy atom. The zero-order chi connectivity index (χ0) is 17.6. The predicted octanol–water partition coefficient (Wildman–Crippen LogP) is 2.79. The third-order valence-corrected chi connectivity index (χ3v) is 5.62. The number of methoxy groups -OCH3 is 2. The van der Waals surface area contributed by atoms with Crippen LogP contribution in [0.25, 0.3) is 20.7 Å². The molecule has 0 aliphatic carbocycles. The number of aryl methyl sites for hydroxylation is 1. The summed E-state index contributed by atoms with van der Waals surface area (Å²) >= 11 is 1.39. The van der Waals surface area contributed by atoms with Crippen LogP contribution in [0.4, 0.5) is 0 Å². The van der Waals surface area contributed by atoms with E-state index in [-0.39, 0.29) is 5.56 Å². The van der Waals surface area contributed by atoms with Crippen LogP contribution in [-0.2, 0) is 16.0 Å². The van der Waals surface area contributed by atoms with Gasteiger partial charge in [-0.15, -0.1) is 11.3 Å². The van der Waals surface area contributed by atoms with Crippen LogP contribution >= 0.6 is 11.3 Å². The largest absolute Gasteiger partial charge is 0.497 e. The summed E-state index contributed by atoms with van der Waals surface area (Å²) in [7, 11) is 2.96. The van der Waals surface area contributed by atoms with Gasteiger partial charge in [0, 0.05) is 11.3 Å². The van der Waals surface area contributed by atoms with Crippen LogP contribution in [0.3, 0.4) is 0 Å². The molecule has 128 valence electrons. The topological polar surface area (TPSA) is 70.4 Å². The van der Waals surface area contributed by atoms with Crippen molar-refractivity contribution in [3.05, 3.63) is 46.5 Å². The highest BCUT2D eigenvalue weighted by Crippen LogP contribution is 2.34. The first-order chi connectivity index (χ1) is 12.1. The number of nitrogens with zero attached hydrogens (tertiary/aromatic N) is 2. The molecule has 1 aliphatic rings. The molecule has 0 spiro atoms. The van der Waals surface area contributed by atoms with Crippen LogP contribution in [0, 0.1) is 0 Å². The highest BCUT2D eigenvalue weighted by Gasteiger charge is 2.32. The molecule has 0 unspecified atom stereocenters. The molecule has 0 saturated carbocycles. The zero-order valence-corrected chi connectivity index (χ0v) is 14.6. The maximum atomic E-state index is 12.9. The summed E-state index contributed by atoms with van der Waals surface area (Å²) in [5.41, 5.74) is 1.51. The van der Waals surface area contributed by atoms with Gasteiger partial charge >= 0.3 is 5.97 Å². The Morgan fingerprint density at radius 1 is 1.28 bits per heavy atom. The van der Waals surface area contributed by atoms with Crippen LogP contribution in [0.1, 0.15) is 18.3 Å². The number of carbonyl (C=O) groups excluding carboxylic acids is 1. The van der Waals surface area contributed by atoms with Crippen molar-refractivity contribution in [3.8, 4) is 16.2 Å². The molecule has 6 nitrogen and oxygen atoms in total. The van der Waals surface area contributed by atoms with Crippen LogP contribution in [0.5, 0.6) is 5.75 Å². The fraction of sp³-hybridized carbons (Fsp3) is 0.278. The van der Waals surface area contributed by atoms with Gasteiger partial charge in [-0.1, -0.05) is 0 Å². The van der Waals surface area contributed by atoms with Crippen molar-refractivity contribution < 1.29 is 14.3 Å². The molecule has 7 heteroatoms. The summed E-state index contributed by atoms with van der Waals surface area (Å²) in [6.07, 6.45) is 1.15. The maximum absolute atomic E-state index is 12.9. The Bertz CT molecular complexity index is 1020. The first-order valence-electron chi connectivity index (χ1n) is 7.89. The minimum atomic E-state index is -0.573. The highest BCUT2D eigenvalue weighted by atomic mass is 32.1. The Labute approximate surface area is 147 Å². The normalized spacial score (nSPS) is 16.0. The number of rotatable bonds is 3. The molecule has 1 atom stereocenters. The van der Waals surface area contributed by atoms with Crippen LogP contribution < -0.4 is 10.3 Å². The van der Waals surface area contributed by atoms with Gasteiger partial charge in [-0.2, -0.15) is 0 Å². The molecule has 0 fully saturated rings. The molecule has 1 aliphatic heterocycles. The van der Waals surface area contributed by atoms with Crippen molar-refractivity contribution in [1.82, 2.24) is 9.55 Å². The first-order valence-corrected chi connectivity index (χ1v) is 8.71. The Balaban J connectivity index is 1.83. The molecule has 3 aromatic rings. The average molecular weight is 356 g/mol. The van der Waals surface area contributed by atoms with Crippen molar-refractivity contribution in [3.63, 3.8) is 0 Å². The molecule has 25 heavy (non-hydrogen) atoms. The quantitative estimate of drug-likeness (QED) is 0.675. The lowest BCUT2D eigenvalue weighted by Gasteiger charge is -2.11. The van der Waals surface area contributed by atoms with E-state index in [2.05, 4.69) is 4.98 Å². The smallest absolute Gasteiger partial charge is 0.329 e. The Hall–Kier alpha value is -2.67. The summed E-state index contributed by atoms with van der Waals surface area (Å²) < 4.78 is 12.0. The van der Waals surface area contributed by atoms with Crippen LogP contribution in [0.2, 0.25) is 0 Å². The standard InChI is InChI=1S/C18H16N2O4S/c1-23-11-5-3-10(4-6-11)14-9-12-16(25-14)17(21)20-13(18(22)24-2)7-8-15(20)19-12/h3-6,9,13H,7-8H2,1-2H3/t13-/m1/s1. The van der Waals surface area contributed by atoms with E-state index in [1.165, 1.54) is 23.0 Å². The lowest BCUT2D eigenvalue weighted by Crippen LogP contribution is -2.28. The molecule has 4 rings (SSSR count). The number of carbonyl (C=O) groups is 1. The molecule has 0 radical (unpaired) electrons. The van der Waals surface area contributed by atoms with Gasteiger partial charge in [0.15, 0.2) is 0 Å². The van der Waals surface area contributed by atoms with E-state index in [1.807, 2.05) is 30.3 Å². The summed E-state index contributed by atoms with van der Waals surface area (Å²) in [5, 5.41) is 0. The summed E-state index contributed by atoms with van der Waals surface area (Å²) in [4.78, 5) is 30.4. The molecule has 2 aromatic heterocycles. The summed E-state index contributed by atoms with van der Waals surface area (Å²) in [5.74, 6) is 1.03. The van der Waals surface area contributed by atoms with E-state index in [0.29, 0.717) is 28.9 Å². The first kappa shape index (κ1) is 15.8. The highest BCUT2D eigenvalue weighted by molar-refractivity contribution is 7.22. The number of aromatic nitrogens is 2. The minimum Gasteiger partial charge on any atom is -0.497 e. The fourth-order valence-corrected chi connectivity index (χ4v) is 4.23. The molecule has 0 bridgehead atoms. The second-order valence-electron chi connectivity index (χ2n) is 5.83. The van der Waals surface area contributed by atoms with Gasteiger partial charge in [-0.25, -0.2) is 9.78 Å². The van der Waals surface area contributed by atoms with Gasteiger partial charge in [-0.05, 0) is 42.3 Å². The SMILES string of the molecule is COC(=O)[C@H]1CCc2nc3cc(-c4ccc(OC)cc4)sc3c(=O)n21. The number of benzene rings is 1. The van der Waals surface area contributed by atoms with E-state index in [9.17, 15) is 9.59 Å². The number of fused-ring (bicyclic) bond motifs is 2. The molecule has 0 saturated heterocycles. The van der Waals surface area contributed by atoms with Crippen LogP contribution in [-0.4, -0.2) is 29.7 Å². The predicted molar refractivity (Wildman–Crippen MR) is 95.2 cm³/mol. The molecule has 0 N–H and O–H groups in total. The third-order valence-electron chi connectivity index (χ3n) is 4.45. The molecular formula is C18H16N2O4S. The van der Waals surface area contributed by atoms with Gasteiger partial charge in [0.25, 0.3) is 5.56 Å². The fourth-order valence-electron chi connectivity index (χ4n) is 3.19. The van der Waals surface area contributed by atoms with Crippen molar-refractivity contribution in [2.75, 3.05) is 14.2 Å². The van der Waals surface area contributed by atoms with Gasteiger partial charge in [0.05, 0.1) is 19.7 Å². The molecule has 0 amide bonds. The second-order valence-corrected chi connectivity index (χ2v) is 6.89. The van der Waals surface area contributed by atoms with E-state index in [1.54, 1.807) is 7.11 Å². The molecular weight excluding hydrogens is 340 g/mol. The van der Waals surface area contributed by atoms with Crippen LogP contribution in [0.15, 0.2) is 35.1 Å². The minimum absolute atomic E-state index is 0.169. The van der Waals surface area contributed by atoms with Gasteiger partial charge in [0.1, 0.15) is 22.3 Å². The number of ether oxygens (including phenoxy) is 2. The lowest BCUT2D eigenvalue weighted by atomic mass is 10.2. The van der Waals surface area contributed by atoms with E-state index >= 15 is 0 Å². The van der Waals surface area contributed by atoms with Gasteiger partial charge < -0.3 is 9.47 Å². The number of thiophene rings is 1. The number of hydrogen-bond donors (Lipinski definition) is 0. The third kappa shape index (κ3) is 2.51. The average Bonchev–Trinajstić information content (AvgIpc) is 3.26. The summed E-state index contributed by atoms with van der Waals surface area (Å²) in [6.45, 7) is 0. The van der Waals surface area contributed by atoms with Gasteiger partial charge in [-0.3, -0.25) is 9.36 Å².